The molecule has 0 aromatic rings. The first-order valence-electron chi connectivity index (χ1n) is 9.37. The number of ether oxygens (including phenoxy) is 2. The summed E-state index contributed by atoms with van der Waals surface area (Å²) in [4.78, 5) is 50.1. The largest absolute Gasteiger partial charge is 0.466 e. The summed E-state index contributed by atoms with van der Waals surface area (Å²) in [5.41, 5.74) is -0.623. The molecule has 0 radical (unpaired) electrons. The quantitative estimate of drug-likeness (QED) is 0.577. The minimum absolute atomic E-state index is 0.0888. The molecule has 1 saturated heterocycles. The second-order valence-electron chi connectivity index (χ2n) is 7.57. The van der Waals surface area contributed by atoms with Gasteiger partial charge in [0.2, 0.25) is 5.91 Å². The predicted octanol–water partition coefficient (Wildman–Crippen LogP) is 2.56. The Morgan fingerprint density at radius 3 is 2.44 bits per heavy atom. The minimum atomic E-state index is -0.623. The average Bonchev–Trinajstić information content (AvgIpc) is 3.02. The number of thioether (sulfide) groups is 1. The van der Waals surface area contributed by atoms with Gasteiger partial charge in [-0.3, -0.25) is 14.4 Å². The highest BCUT2D eigenvalue weighted by atomic mass is 32.2. The number of nitrogens with zero attached hydrogens (tertiary/aromatic N) is 1. The molecule has 1 fully saturated rings. The van der Waals surface area contributed by atoms with Crippen molar-refractivity contribution in [1.82, 2.24) is 4.90 Å². The number of hydrogen-bond acceptors (Lipinski definition) is 7. The van der Waals surface area contributed by atoms with Gasteiger partial charge in [-0.15, -0.1) is 0 Å². The van der Waals surface area contributed by atoms with Crippen LogP contribution in [0.2, 0.25) is 0 Å². The highest BCUT2D eigenvalue weighted by Gasteiger charge is 2.39. The third-order valence-electron chi connectivity index (χ3n) is 4.05. The van der Waals surface area contributed by atoms with Gasteiger partial charge < -0.3 is 14.4 Å². The maximum atomic E-state index is 13.1. The van der Waals surface area contributed by atoms with E-state index in [0.717, 1.165) is 18.2 Å². The van der Waals surface area contributed by atoms with Gasteiger partial charge in [0.05, 0.1) is 6.61 Å². The molecule has 8 heteroatoms. The number of likely N-dealkylation sites (tertiary alicyclic amines) is 1. The Kier molecular flexibility index (Phi) is 9.29. The predicted molar refractivity (Wildman–Crippen MR) is 103 cm³/mol. The van der Waals surface area contributed by atoms with Crippen molar-refractivity contribution in [2.24, 2.45) is 5.92 Å². The van der Waals surface area contributed by atoms with Crippen LogP contribution in [0, 0.1) is 5.92 Å². The fraction of sp³-hybridized carbons (Fsp3) is 0.789. The van der Waals surface area contributed by atoms with E-state index in [1.54, 1.807) is 32.6 Å². The van der Waals surface area contributed by atoms with Gasteiger partial charge in [0.15, 0.2) is 5.12 Å². The van der Waals surface area contributed by atoms with Gasteiger partial charge in [-0.25, -0.2) is 4.79 Å². The number of carbonyl (C=O) groups is 4. The van der Waals surface area contributed by atoms with Crippen molar-refractivity contribution < 1.29 is 28.7 Å². The molecule has 1 unspecified atom stereocenters. The Labute approximate surface area is 165 Å². The number of esters is 2. The van der Waals surface area contributed by atoms with Gasteiger partial charge in [0.25, 0.3) is 0 Å². The van der Waals surface area contributed by atoms with E-state index < -0.39 is 23.5 Å². The summed E-state index contributed by atoms with van der Waals surface area (Å²) in [5, 5.41) is -0.0888. The lowest BCUT2D eigenvalue weighted by Crippen LogP contribution is -2.46. The molecule has 0 bridgehead atoms. The molecule has 1 rings (SSSR count). The summed E-state index contributed by atoms with van der Waals surface area (Å²) < 4.78 is 10.4. The zero-order valence-electron chi connectivity index (χ0n) is 16.9. The molecule has 0 spiro atoms. The van der Waals surface area contributed by atoms with Gasteiger partial charge in [-0.1, -0.05) is 11.8 Å². The monoisotopic (exact) mass is 401 g/mol. The SMILES string of the molecule is CCOC(=O)CCC(CSC(C)=O)C(=O)N1CCC[C@H]1C(=O)OC(C)(C)C. The van der Waals surface area contributed by atoms with Crippen LogP contribution in [-0.4, -0.2) is 58.4 Å². The molecule has 1 aliphatic heterocycles. The maximum Gasteiger partial charge on any atom is 0.329 e. The summed E-state index contributed by atoms with van der Waals surface area (Å²) in [6, 6.07) is -0.607. The Hall–Kier alpha value is -1.57. The van der Waals surface area contributed by atoms with E-state index in [9.17, 15) is 19.2 Å². The fourth-order valence-electron chi connectivity index (χ4n) is 2.90. The second-order valence-corrected chi connectivity index (χ2v) is 8.76. The summed E-state index contributed by atoms with van der Waals surface area (Å²) in [6.07, 6.45) is 1.67. The van der Waals surface area contributed by atoms with Crippen LogP contribution in [0.4, 0.5) is 0 Å². The van der Waals surface area contributed by atoms with Crippen LogP contribution < -0.4 is 0 Å². The van der Waals surface area contributed by atoms with Crippen molar-refractivity contribution in [3.05, 3.63) is 0 Å². The van der Waals surface area contributed by atoms with Crippen molar-refractivity contribution >= 4 is 34.7 Å². The van der Waals surface area contributed by atoms with Crippen LogP contribution in [0.1, 0.15) is 60.3 Å². The smallest absolute Gasteiger partial charge is 0.329 e. The molecule has 2 atom stereocenters. The molecule has 154 valence electrons. The summed E-state index contributed by atoms with van der Waals surface area (Å²) in [7, 11) is 0. The zero-order valence-corrected chi connectivity index (χ0v) is 17.7. The second kappa shape index (κ2) is 10.7. The van der Waals surface area contributed by atoms with Gasteiger partial charge >= 0.3 is 11.9 Å². The van der Waals surface area contributed by atoms with Crippen molar-refractivity contribution in [3.63, 3.8) is 0 Å². The van der Waals surface area contributed by atoms with Gasteiger partial charge in [-0.05, 0) is 47.0 Å². The van der Waals surface area contributed by atoms with Gasteiger partial charge in [-0.2, -0.15) is 0 Å². The molecule has 0 aromatic carbocycles. The molecule has 7 nitrogen and oxygen atoms in total. The van der Waals surface area contributed by atoms with Crippen molar-refractivity contribution in [2.45, 2.75) is 71.9 Å². The molecule has 27 heavy (non-hydrogen) atoms. The molecule has 1 amide bonds. The first-order valence-corrected chi connectivity index (χ1v) is 10.4. The van der Waals surface area contributed by atoms with Crippen molar-refractivity contribution in [1.29, 1.82) is 0 Å². The van der Waals surface area contributed by atoms with Gasteiger partial charge in [0, 0.05) is 31.6 Å². The summed E-state index contributed by atoms with van der Waals surface area (Å²) >= 11 is 1.06. The number of carbonyl (C=O) groups excluding carboxylic acids is 4. The molecule has 1 aliphatic rings. The maximum absolute atomic E-state index is 13.1. The Bertz CT molecular complexity index is 557. The molecule has 0 aromatic heterocycles. The first kappa shape index (κ1) is 23.5. The average molecular weight is 402 g/mol. The molecular formula is C19H31NO6S. The van der Waals surface area contributed by atoms with Gasteiger partial charge in [0.1, 0.15) is 11.6 Å². The molecule has 0 N–H and O–H groups in total. The topological polar surface area (TPSA) is 90.0 Å². The Balaban J connectivity index is 2.82. The summed E-state index contributed by atoms with van der Waals surface area (Å²) in [5.74, 6) is -1.22. The fourth-order valence-corrected chi connectivity index (χ4v) is 3.65. The van der Waals surface area contributed by atoms with Crippen LogP contribution in [-0.2, 0) is 28.7 Å². The van der Waals surface area contributed by atoms with Crippen molar-refractivity contribution in [3.8, 4) is 0 Å². The van der Waals surface area contributed by atoms with Crippen LogP contribution in [0.15, 0.2) is 0 Å². The van der Waals surface area contributed by atoms with E-state index in [1.807, 2.05) is 0 Å². The Morgan fingerprint density at radius 1 is 1.22 bits per heavy atom. The lowest BCUT2D eigenvalue weighted by Gasteiger charge is -2.30. The van der Waals surface area contributed by atoms with E-state index in [-0.39, 0.29) is 42.2 Å². The molecule has 0 saturated carbocycles. The van der Waals surface area contributed by atoms with E-state index in [2.05, 4.69) is 0 Å². The lowest BCUT2D eigenvalue weighted by atomic mass is 10.0. The van der Waals surface area contributed by atoms with Crippen LogP contribution in [0.5, 0.6) is 0 Å². The zero-order chi connectivity index (χ0) is 20.6. The standard InChI is InChI=1S/C19H31NO6S/c1-6-25-16(22)10-9-14(12-27-13(2)21)17(23)20-11-7-8-15(20)18(24)26-19(3,4)5/h14-15H,6-12H2,1-5H3/t14?,15-/m0/s1. The number of amides is 1. The van der Waals surface area contributed by atoms with Crippen LogP contribution in [0.3, 0.4) is 0 Å². The van der Waals surface area contributed by atoms with Crippen LogP contribution in [0.25, 0.3) is 0 Å². The number of rotatable bonds is 8. The van der Waals surface area contributed by atoms with Crippen molar-refractivity contribution in [2.75, 3.05) is 18.9 Å². The van der Waals surface area contributed by atoms with E-state index >= 15 is 0 Å². The lowest BCUT2D eigenvalue weighted by molar-refractivity contribution is -0.164. The van der Waals surface area contributed by atoms with E-state index in [4.69, 9.17) is 9.47 Å². The number of hydrogen-bond donors (Lipinski definition) is 0. The van der Waals surface area contributed by atoms with E-state index in [1.165, 1.54) is 6.92 Å². The Morgan fingerprint density at radius 2 is 1.89 bits per heavy atom. The molecule has 1 heterocycles. The van der Waals surface area contributed by atoms with Crippen LogP contribution >= 0.6 is 11.8 Å². The third kappa shape index (κ3) is 8.32. The highest BCUT2D eigenvalue weighted by Crippen LogP contribution is 2.26. The third-order valence-corrected chi connectivity index (χ3v) is 5.03. The van der Waals surface area contributed by atoms with E-state index in [0.29, 0.717) is 13.0 Å². The highest BCUT2D eigenvalue weighted by molar-refractivity contribution is 8.13. The molecule has 0 aliphatic carbocycles. The first-order chi connectivity index (χ1) is 12.5. The minimum Gasteiger partial charge on any atom is -0.466 e. The molecular weight excluding hydrogens is 370 g/mol. The normalized spacial score (nSPS) is 18.1. The summed E-state index contributed by atoms with van der Waals surface area (Å²) in [6.45, 7) is 9.29.